The highest BCUT2D eigenvalue weighted by molar-refractivity contribution is 5.92. The van der Waals surface area contributed by atoms with Gasteiger partial charge >= 0.3 is 5.97 Å². The second kappa shape index (κ2) is 6.76. The molecule has 3 aromatic rings. The summed E-state index contributed by atoms with van der Waals surface area (Å²) >= 11 is 0. The van der Waals surface area contributed by atoms with E-state index < -0.39 is 11.6 Å². The fourth-order valence-electron chi connectivity index (χ4n) is 2.93. The minimum atomic E-state index is -1.27. The lowest BCUT2D eigenvalue weighted by atomic mass is 10.1. The summed E-state index contributed by atoms with van der Waals surface area (Å²) in [5.41, 5.74) is 3.12. The number of pyridine rings is 1. The number of carboxylic acids is 1. The molecule has 0 aliphatic heterocycles. The molecule has 0 unspecified atom stereocenters. The molecule has 0 spiro atoms. The van der Waals surface area contributed by atoms with Gasteiger partial charge in [-0.05, 0) is 56.7 Å². The zero-order valence-electron chi connectivity index (χ0n) is 14.6. The van der Waals surface area contributed by atoms with Crippen LogP contribution in [-0.2, 0) is 11.8 Å². The molecule has 3 rings (SSSR count). The Morgan fingerprint density at radius 1 is 1.20 bits per heavy atom. The van der Waals surface area contributed by atoms with Gasteiger partial charge < -0.3 is 14.4 Å². The molecule has 0 aliphatic carbocycles. The minimum absolute atomic E-state index is 0. The number of benzene rings is 1. The number of hydrogen-bond donors (Lipinski definition) is 1. The quantitative estimate of drug-likeness (QED) is 0.756. The maximum atomic E-state index is 11.3. The van der Waals surface area contributed by atoms with Gasteiger partial charge in [-0.2, -0.15) is 0 Å². The number of fused-ring (bicyclic) bond motifs is 1. The van der Waals surface area contributed by atoms with Crippen molar-refractivity contribution in [2.45, 2.75) is 26.4 Å². The lowest BCUT2D eigenvalue weighted by Crippen LogP contribution is -2.37. The van der Waals surface area contributed by atoms with Gasteiger partial charge in [-0.25, -0.2) is 4.79 Å². The summed E-state index contributed by atoms with van der Waals surface area (Å²) in [6.07, 6.45) is 3.55. The van der Waals surface area contributed by atoms with Gasteiger partial charge in [-0.15, -0.1) is 12.4 Å². The summed E-state index contributed by atoms with van der Waals surface area (Å²) in [5.74, 6) is -0.449. The maximum absolute atomic E-state index is 11.3. The molecule has 0 bridgehead atoms. The number of aromatic nitrogens is 2. The predicted molar refractivity (Wildman–Crippen MR) is 100 cm³/mol. The van der Waals surface area contributed by atoms with Crippen LogP contribution >= 0.6 is 12.4 Å². The third kappa shape index (κ3) is 3.33. The average molecular weight is 361 g/mol. The Labute approximate surface area is 152 Å². The Kier molecular flexibility index (Phi) is 5.09. The Morgan fingerprint density at radius 3 is 2.44 bits per heavy atom. The number of ether oxygens (including phenoxy) is 1. The SMILES string of the molecule is Cc1c(-c2ccncc2)n(C)c2ccc(OC(C)(C)C(=O)O)cc12.Cl. The first kappa shape index (κ1) is 18.8. The van der Waals surface area contributed by atoms with Crippen molar-refractivity contribution in [3.63, 3.8) is 0 Å². The number of aliphatic carboxylic acids is 1. The van der Waals surface area contributed by atoms with Crippen molar-refractivity contribution in [3.05, 3.63) is 48.3 Å². The summed E-state index contributed by atoms with van der Waals surface area (Å²) in [5, 5.41) is 10.3. The zero-order chi connectivity index (χ0) is 17.5. The third-order valence-corrected chi connectivity index (χ3v) is 4.27. The van der Waals surface area contributed by atoms with E-state index >= 15 is 0 Å². The van der Waals surface area contributed by atoms with Crippen LogP contribution in [0.15, 0.2) is 42.7 Å². The van der Waals surface area contributed by atoms with Gasteiger partial charge in [0.2, 0.25) is 0 Å². The highest BCUT2D eigenvalue weighted by Crippen LogP contribution is 2.34. The van der Waals surface area contributed by atoms with Gasteiger partial charge in [-0.3, -0.25) is 4.98 Å². The highest BCUT2D eigenvalue weighted by Gasteiger charge is 2.29. The number of rotatable bonds is 4. The van der Waals surface area contributed by atoms with Crippen LogP contribution in [0.1, 0.15) is 19.4 Å². The van der Waals surface area contributed by atoms with Crippen molar-refractivity contribution in [3.8, 4) is 17.0 Å². The molecule has 5 nitrogen and oxygen atoms in total. The molecular weight excluding hydrogens is 340 g/mol. The van der Waals surface area contributed by atoms with Crippen LogP contribution in [-0.4, -0.2) is 26.2 Å². The maximum Gasteiger partial charge on any atom is 0.347 e. The number of hydrogen-bond acceptors (Lipinski definition) is 3. The Balaban J connectivity index is 0.00000225. The normalized spacial score (nSPS) is 11.2. The van der Waals surface area contributed by atoms with Crippen LogP contribution in [0.25, 0.3) is 22.2 Å². The molecule has 6 heteroatoms. The minimum Gasteiger partial charge on any atom is -0.478 e. The van der Waals surface area contributed by atoms with E-state index in [9.17, 15) is 9.90 Å². The van der Waals surface area contributed by atoms with Crippen LogP contribution in [0.5, 0.6) is 5.75 Å². The first-order valence-electron chi connectivity index (χ1n) is 7.73. The molecule has 2 heterocycles. The topological polar surface area (TPSA) is 64.4 Å². The van der Waals surface area contributed by atoms with Crippen LogP contribution < -0.4 is 4.74 Å². The first-order chi connectivity index (χ1) is 11.3. The van der Waals surface area contributed by atoms with Crippen molar-refractivity contribution >= 4 is 29.3 Å². The monoisotopic (exact) mass is 360 g/mol. The van der Waals surface area contributed by atoms with Gasteiger partial charge in [0.05, 0.1) is 5.69 Å². The molecule has 0 aliphatic rings. The fourth-order valence-corrected chi connectivity index (χ4v) is 2.93. The number of aryl methyl sites for hydroxylation is 2. The molecule has 0 atom stereocenters. The number of carbonyl (C=O) groups is 1. The summed E-state index contributed by atoms with van der Waals surface area (Å²) in [7, 11) is 2.02. The number of nitrogens with zero attached hydrogens (tertiary/aromatic N) is 2. The summed E-state index contributed by atoms with van der Waals surface area (Å²) in [4.78, 5) is 15.3. The van der Waals surface area contributed by atoms with E-state index in [0.29, 0.717) is 5.75 Å². The van der Waals surface area contributed by atoms with E-state index in [2.05, 4.69) is 16.5 Å². The smallest absolute Gasteiger partial charge is 0.347 e. The predicted octanol–water partition coefficient (Wildman–Crippen LogP) is 4.21. The van der Waals surface area contributed by atoms with E-state index in [1.807, 2.05) is 37.4 Å². The van der Waals surface area contributed by atoms with E-state index in [0.717, 1.165) is 27.7 Å². The second-order valence-corrected chi connectivity index (χ2v) is 6.36. The molecule has 0 saturated carbocycles. The van der Waals surface area contributed by atoms with Crippen LogP contribution in [0.3, 0.4) is 0 Å². The van der Waals surface area contributed by atoms with E-state index in [-0.39, 0.29) is 12.4 Å². The molecule has 2 aromatic heterocycles. The van der Waals surface area contributed by atoms with Gasteiger partial charge in [0, 0.05) is 35.9 Å². The van der Waals surface area contributed by atoms with E-state index in [4.69, 9.17) is 4.74 Å². The Hall–Kier alpha value is -2.53. The molecule has 0 saturated heterocycles. The molecule has 1 N–H and O–H groups in total. The molecule has 0 radical (unpaired) electrons. The lowest BCUT2D eigenvalue weighted by Gasteiger charge is -2.21. The largest absolute Gasteiger partial charge is 0.478 e. The first-order valence-corrected chi connectivity index (χ1v) is 7.73. The van der Waals surface area contributed by atoms with Crippen molar-refractivity contribution in [1.29, 1.82) is 0 Å². The van der Waals surface area contributed by atoms with Crippen molar-refractivity contribution in [1.82, 2.24) is 9.55 Å². The van der Waals surface area contributed by atoms with Gasteiger partial charge in [0.15, 0.2) is 5.60 Å². The highest BCUT2D eigenvalue weighted by atomic mass is 35.5. The lowest BCUT2D eigenvalue weighted by molar-refractivity contribution is -0.152. The molecule has 0 amide bonds. The number of halogens is 1. The van der Waals surface area contributed by atoms with Crippen molar-refractivity contribution in [2.75, 3.05) is 0 Å². The summed E-state index contributed by atoms with van der Waals surface area (Å²) < 4.78 is 7.79. The number of carboxylic acid groups (broad SMARTS) is 1. The van der Waals surface area contributed by atoms with Gasteiger partial charge in [-0.1, -0.05) is 0 Å². The Morgan fingerprint density at radius 2 is 1.84 bits per heavy atom. The molecule has 25 heavy (non-hydrogen) atoms. The fraction of sp³-hybridized carbons (Fsp3) is 0.263. The molecule has 1 aromatic carbocycles. The second-order valence-electron chi connectivity index (χ2n) is 6.36. The van der Waals surface area contributed by atoms with E-state index in [1.54, 1.807) is 26.2 Å². The Bertz CT molecular complexity index is 917. The standard InChI is InChI=1S/C19H20N2O3.ClH/c1-12-15-11-14(24-19(2,3)18(22)23)5-6-16(15)21(4)17(12)13-7-9-20-10-8-13;/h5-11H,1-4H3,(H,22,23);1H. The van der Waals surface area contributed by atoms with Crippen LogP contribution in [0, 0.1) is 6.92 Å². The molecular formula is C19H21ClN2O3. The summed E-state index contributed by atoms with van der Waals surface area (Å²) in [6.45, 7) is 5.14. The van der Waals surface area contributed by atoms with Gasteiger partial charge in [0.25, 0.3) is 0 Å². The van der Waals surface area contributed by atoms with Crippen molar-refractivity contribution < 1.29 is 14.6 Å². The van der Waals surface area contributed by atoms with Crippen LogP contribution in [0.4, 0.5) is 0 Å². The van der Waals surface area contributed by atoms with Crippen LogP contribution in [0.2, 0.25) is 0 Å². The average Bonchev–Trinajstić information content (AvgIpc) is 2.79. The molecule has 132 valence electrons. The zero-order valence-corrected chi connectivity index (χ0v) is 15.4. The van der Waals surface area contributed by atoms with Gasteiger partial charge in [0.1, 0.15) is 5.75 Å². The van der Waals surface area contributed by atoms with Crippen molar-refractivity contribution in [2.24, 2.45) is 7.05 Å². The van der Waals surface area contributed by atoms with E-state index in [1.165, 1.54) is 0 Å². The third-order valence-electron chi connectivity index (χ3n) is 4.27. The molecule has 0 fully saturated rings. The summed E-state index contributed by atoms with van der Waals surface area (Å²) in [6, 6.07) is 9.63.